The van der Waals surface area contributed by atoms with E-state index >= 15 is 0 Å². The molecular formula is C13H9F2N3. The predicted molar refractivity (Wildman–Crippen MR) is 63.3 cm³/mol. The topological polar surface area (TPSA) is 62.7 Å². The van der Waals surface area contributed by atoms with Gasteiger partial charge in [0.1, 0.15) is 5.82 Å². The standard InChI is InChI=1S/C13H9F2N3/c14-11-3-1-2-10(12(11)15)9-6-8(4-5-16)13(17)18-7-9/h1-3,6-7H,4H2,(H2,17,18). The van der Waals surface area contributed by atoms with E-state index < -0.39 is 11.6 Å². The number of pyridine rings is 1. The number of rotatable bonds is 2. The van der Waals surface area contributed by atoms with Gasteiger partial charge in [-0.25, -0.2) is 13.8 Å². The van der Waals surface area contributed by atoms with Gasteiger partial charge in [-0.2, -0.15) is 5.26 Å². The van der Waals surface area contributed by atoms with E-state index in [0.29, 0.717) is 11.1 Å². The molecule has 0 fully saturated rings. The third kappa shape index (κ3) is 2.13. The van der Waals surface area contributed by atoms with Crippen LogP contribution in [0.1, 0.15) is 5.56 Å². The highest BCUT2D eigenvalue weighted by atomic mass is 19.2. The molecule has 3 nitrogen and oxygen atoms in total. The molecule has 0 bridgehead atoms. The average Bonchev–Trinajstić information content (AvgIpc) is 2.36. The summed E-state index contributed by atoms with van der Waals surface area (Å²) in [7, 11) is 0. The Morgan fingerprint density at radius 1 is 1.33 bits per heavy atom. The summed E-state index contributed by atoms with van der Waals surface area (Å²) in [6, 6.07) is 7.39. The molecule has 2 N–H and O–H groups in total. The zero-order valence-corrected chi connectivity index (χ0v) is 9.32. The fourth-order valence-electron chi connectivity index (χ4n) is 1.62. The van der Waals surface area contributed by atoms with Crippen LogP contribution in [0.3, 0.4) is 0 Å². The van der Waals surface area contributed by atoms with E-state index in [2.05, 4.69) is 4.98 Å². The molecule has 0 saturated carbocycles. The van der Waals surface area contributed by atoms with E-state index in [4.69, 9.17) is 11.0 Å². The summed E-state index contributed by atoms with van der Waals surface area (Å²) in [4.78, 5) is 3.88. The Bertz CT molecular complexity index is 633. The van der Waals surface area contributed by atoms with Crippen LogP contribution in [0.4, 0.5) is 14.6 Å². The number of nitrogens with two attached hydrogens (primary N) is 1. The second kappa shape index (κ2) is 4.80. The second-order valence-electron chi connectivity index (χ2n) is 3.70. The van der Waals surface area contributed by atoms with Gasteiger partial charge in [0.05, 0.1) is 12.5 Å². The van der Waals surface area contributed by atoms with Gasteiger partial charge in [-0.05, 0) is 12.1 Å². The first-order valence-electron chi connectivity index (χ1n) is 5.19. The molecule has 0 aliphatic carbocycles. The van der Waals surface area contributed by atoms with E-state index in [1.54, 1.807) is 6.07 Å². The highest BCUT2D eigenvalue weighted by molar-refractivity contribution is 5.66. The molecule has 1 aromatic carbocycles. The normalized spacial score (nSPS) is 10.1. The van der Waals surface area contributed by atoms with E-state index in [9.17, 15) is 8.78 Å². The fourth-order valence-corrected chi connectivity index (χ4v) is 1.62. The minimum absolute atomic E-state index is 0.0730. The molecule has 1 aromatic heterocycles. The van der Waals surface area contributed by atoms with Gasteiger partial charge in [-0.1, -0.05) is 12.1 Å². The lowest BCUT2D eigenvalue weighted by Gasteiger charge is -2.07. The molecule has 0 atom stereocenters. The lowest BCUT2D eigenvalue weighted by atomic mass is 10.0. The molecule has 18 heavy (non-hydrogen) atoms. The molecule has 2 rings (SSSR count). The molecule has 1 heterocycles. The van der Waals surface area contributed by atoms with Gasteiger partial charge in [0.2, 0.25) is 0 Å². The van der Waals surface area contributed by atoms with E-state index in [0.717, 1.165) is 6.07 Å². The summed E-state index contributed by atoms with van der Waals surface area (Å²) in [5.41, 5.74) is 6.58. The minimum atomic E-state index is -0.938. The summed E-state index contributed by atoms with van der Waals surface area (Å²) < 4.78 is 26.7. The molecule has 5 heteroatoms. The van der Waals surface area contributed by atoms with Gasteiger partial charge in [0.25, 0.3) is 0 Å². The van der Waals surface area contributed by atoms with Gasteiger partial charge >= 0.3 is 0 Å². The summed E-state index contributed by atoms with van der Waals surface area (Å²) >= 11 is 0. The zero-order valence-electron chi connectivity index (χ0n) is 9.32. The Balaban J connectivity index is 2.55. The van der Waals surface area contributed by atoms with Crippen LogP contribution in [0.15, 0.2) is 30.5 Å². The Hall–Kier alpha value is -2.48. The Morgan fingerprint density at radius 2 is 2.11 bits per heavy atom. The summed E-state index contributed by atoms with van der Waals surface area (Å²) in [5, 5.41) is 8.64. The number of nitrogen functional groups attached to an aromatic ring is 1. The van der Waals surface area contributed by atoms with E-state index in [1.165, 1.54) is 18.3 Å². The number of benzene rings is 1. The van der Waals surface area contributed by atoms with Gasteiger partial charge in [-0.3, -0.25) is 0 Å². The van der Waals surface area contributed by atoms with Crippen molar-refractivity contribution in [2.24, 2.45) is 0 Å². The first-order valence-corrected chi connectivity index (χ1v) is 5.19. The van der Waals surface area contributed by atoms with Crippen LogP contribution in [-0.2, 0) is 6.42 Å². The minimum Gasteiger partial charge on any atom is -0.383 e. The third-order valence-corrected chi connectivity index (χ3v) is 2.53. The largest absolute Gasteiger partial charge is 0.383 e. The zero-order chi connectivity index (χ0) is 13.1. The first kappa shape index (κ1) is 12.0. The molecule has 0 saturated heterocycles. The number of halogens is 2. The fraction of sp³-hybridized carbons (Fsp3) is 0.0769. The molecule has 0 aliphatic rings. The van der Waals surface area contributed by atoms with Gasteiger partial charge in [-0.15, -0.1) is 0 Å². The van der Waals surface area contributed by atoms with Crippen molar-refractivity contribution in [2.75, 3.05) is 5.73 Å². The summed E-state index contributed by atoms with van der Waals surface area (Å²) in [6.07, 6.45) is 1.43. The van der Waals surface area contributed by atoms with Crippen LogP contribution in [0.5, 0.6) is 0 Å². The lowest BCUT2D eigenvalue weighted by Crippen LogP contribution is -1.98. The van der Waals surface area contributed by atoms with Crippen molar-refractivity contribution in [1.29, 1.82) is 5.26 Å². The second-order valence-corrected chi connectivity index (χ2v) is 3.70. The van der Waals surface area contributed by atoms with Gasteiger partial charge < -0.3 is 5.73 Å². The van der Waals surface area contributed by atoms with Crippen LogP contribution in [-0.4, -0.2) is 4.98 Å². The van der Waals surface area contributed by atoms with Crippen molar-refractivity contribution < 1.29 is 8.78 Å². The molecule has 0 spiro atoms. The number of aromatic nitrogens is 1. The Labute approximate surface area is 103 Å². The quantitative estimate of drug-likeness (QED) is 0.884. The first-order chi connectivity index (χ1) is 8.63. The van der Waals surface area contributed by atoms with Crippen molar-refractivity contribution in [2.45, 2.75) is 6.42 Å². The van der Waals surface area contributed by atoms with Crippen molar-refractivity contribution in [3.05, 3.63) is 47.7 Å². The maximum Gasteiger partial charge on any atom is 0.166 e. The lowest BCUT2D eigenvalue weighted by molar-refractivity contribution is 0.511. The van der Waals surface area contributed by atoms with Crippen molar-refractivity contribution in [1.82, 2.24) is 4.98 Å². The maximum absolute atomic E-state index is 13.6. The summed E-state index contributed by atoms with van der Waals surface area (Å²) in [6.45, 7) is 0. The monoisotopic (exact) mass is 245 g/mol. The number of anilines is 1. The highest BCUT2D eigenvalue weighted by Crippen LogP contribution is 2.26. The van der Waals surface area contributed by atoms with E-state index in [-0.39, 0.29) is 17.8 Å². The predicted octanol–water partition coefficient (Wildman–Crippen LogP) is 2.68. The SMILES string of the molecule is N#CCc1cc(-c2cccc(F)c2F)cnc1N. The van der Waals surface area contributed by atoms with Crippen molar-refractivity contribution in [3.8, 4) is 17.2 Å². The third-order valence-electron chi connectivity index (χ3n) is 2.53. The molecule has 90 valence electrons. The molecule has 0 amide bonds. The van der Waals surface area contributed by atoms with Crippen LogP contribution in [0.25, 0.3) is 11.1 Å². The van der Waals surface area contributed by atoms with Crippen LogP contribution < -0.4 is 5.73 Å². The van der Waals surface area contributed by atoms with E-state index in [1.807, 2.05) is 6.07 Å². The number of hydrogen-bond donors (Lipinski definition) is 1. The molecule has 0 unspecified atom stereocenters. The number of nitrogens with zero attached hydrogens (tertiary/aromatic N) is 2. The number of hydrogen-bond acceptors (Lipinski definition) is 3. The summed E-state index contributed by atoms with van der Waals surface area (Å²) in [5.74, 6) is -1.64. The highest BCUT2D eigenvalue weighted by Gasteiger charge is 2.11. The maximum atomic E-state index is 13.6. The smallest absolute Gasteiger partial charge is 0.166 e. The molecule has 2 aromatic rings. The van der Waals surface area contributed by atoms with Crippen molar-refractivity contribution >= 4 is 5.82 Å². The Kier molecular flexibility index (Phi) is 3.20. The molecule has 0 aliphatic heterocycles. The Morgan fingerprint density at radius 3 is 2.83 bits per heavy atom. The van der Waals surface area contributed by atoms with Crippen LogP contribution in [0, 0.1) is 23.0 Å². The van der Waals surface area contributed by atoms with Crippen LogP contribution >= 0.6 is 0 Å². The molecular weight excluding hydrogens is 236 g/mol. The number of nitriles is 1. The van der Waals surface area contributed by atoms with Crippen molar-refractivity contribution in [3.63, 3.8) is 0 Å². The molecule has 0 radical (unpaired) electrons. The van der Waals surface area contributed by atoms with Gasteiger partial charge in [0, 0.05) is 22.9 Å². The average molecular weight is 245 g/mol. The van der Waals surface area contributed by atoms with Crippen LogP contribution in [0.2, 0.25) is 0 Å². The van der Waals surface area contributed by atoms with Gasteiger partial charge in [0.15, 0.2) is 11.6 Å².